The summed E-state index contributed by atoms with van der Waals surface area (Å²) in [6.07, 6.45) is -6.91. The van der Waals surface area contributed by atoms with Gasteiger partial charge in [-0.25, -0.2) is 19.7 Å². The van der Waals surface area contributed by atoms with Crippen LogP contribution in [0.3, 0.4) is 0 Å². The SMILES string of the molecule is Cc1ncsc1-c1ccc([C@H](C)NC(=O)[C@@H]2C[C@@H](O)CN2C(=O)[C@@H](NC(=O)C[C@@H](Cc2ccc(Oc3cccc(-c4ccc(N5CCc6cccc(C(=O)Nc7nc8ccccc8s7)c6C5)nc4C(=O)O)c3C)cc2)C(F)(F)F)C(C)(C)C)cc1. The summed E-state index contributed by atoms with van der Waals surface area (Å²) in [5, 5.41) is 30.2. The van der Waals surface area contributed by atoms with Crippen LogP contribution in [0.4, 0.5) is 24.1 Å². The number of hydrogen-bond acceptors (Lipinski definition) is 13. The van der Waals surface area contributed by atoms with Gasteiger partial charge in [-0.05, 0) is 127 Å². The van der Waals surface area contributed by atoms with Crippen molar-refractivity contribution in [2.45, 2.75) is 104 Å². The van der Waals surface area contributed by atoms with Gasteiger partial charge in [0.15, 0.2) is 10.8 Å². The molecule has 0 aliphatic carbocycles. The molecular formula is C64H63F3N8O8S2. The third kappa shape index (κ3) is 13.4. The molecule has 1 fully saturated rings. The van der Waals surface area contributed by atoms with Gasteiger partial charge in [-0.1, -0.05) is 105 Å². The van der Waals surface area contributed by atoms with Crippen LogP contribution in [-0.2, 0) is 33.8 Å². The van der Waals surface area contributed by atoms with Crippen LogP contribution in [0.2, 0.25) is 0 Å². The lowest BCUT2D eigenvalue weighted by Crippen LogP contribution is -2.58. The minimum Gasteiger partial charge on any atom is -0.476 e. The van der Waals surface area contributed by atoms with Gasteiger partial charge in [0.05, 0.1) is 44.4 Å². The maximum absolute atomic E-state index is 14.8. The first kappa shape index (κ1) is 59.6. The van der Waals surface area contributed by atoms with Crippen LogP contribution in [-0.4, -0.2) is 97.1 Å². The van der Waals surface area contributed by atoms with Gasteiger partial charge in [0.2, 0.25) is 17.7 Å². The molecule has 440 valence electrons. The van der Waals surface area contributed by atoms with E-state index >= 15 is 0 Å². The maximum atomic E-state index is 14.8. The molecule has 5 N–H and O–H groups in total. The van der Waals surface area contributed by atoms with Gasteiger partial charge >= 0.3 is 12.1 Å². The number of amides is 4. The van der Waals surface area contributed by atoms with Gasteiger partial charge in [-0.2, -0.15) is 13.2 Å². The van der Waals surface area contributed by atoms with Crippen LogP contribution in [0.15, 0.2) is 127 Å². The molecule has 1 saturated heterocycles. The molecule has 5 atom stereocenters. The molecule has 21 heteroatoms. The number of carboxylic acid groups (broad SMARTS) is 1. The van der Waals surface area contributed by atoms with E-state index in [-0.39, 0.29) is 35.9 Å². The largest absolute Gasteiger partial charge is 0.476 e. The number of carbonyl (C=O) groups excluding carboxylic acids is 4. The van der Waals surface area contributed by atoms with Gasteiger partial charge in [0.25, 0.3) is 5.91 Å². The number of anilines is 2. The van der Waals surface area contributed by atoms with E-state index in [2.05, 4.69) is 30.9 Å². The second-order valence-corrected chi connectivity index (χ2v) is 24.5. The first-order valence-electron chi connectivity index (χ1n) is 27.8. The Labute approximate surface area is 497 Å². The maximum Gasteiger partial charge on any atom is 0.392 e. The van der Waals surface area contributed by atoms with Gasteiger partial charge in [-0.15, -0.1) is 11.3 Å². The third-order valence-electron chi connectivity index (χ3n) is 15.6. The van der Waals surface area contributed by atoms with Gasteiger partial charge in [0.1, 0.15) is 29.4 Å². The smallest absolute Gasteiger partial charge is 0.392 e. The van der Waals surface area contributed by atoms with Gasteiger partial charge < -0.3 is 35.4 Å². The molecule has 10 rings (SSSR count). The number of benzene rings is 5. The highest BCUT2D eigenvalue weighted by atomic mass is 32.1. The number of nitrogens with one attached hydrogen (secondary N) is 3. The van der Waals surface area contributed by atoms with E-state index in [1.165, 1.54) is 51.8 Å². The number of halogens is 3. The Morgan fingerprint density at radius 2 is 1.59 bits per heavy atom. The van der Waals surface area contributed by atoms with Crippen molar-refractivity contribution in [1.82, 2.24) is 30.5 Å². The normalized spacial score (nSPS) is 16.3. The van der Waals surface area contributed by atoms with Crippen LogP contribution in [0, 0.1) is 25.2 Å². The van der Waals surface area contributed by atoms with Gasteiger partial charge in [-0.3, -0.25) is 24.5 Å². The third-order valence-corrected chi connectivity index (χ3v) is 17.5. The minimum atomic E-state index is -4.81. The molecule has 5 heterocycles. The second-order valence-electron chi connectivity index (χ2n) is 22.6. The number of aryl methyl sites for hydroxylation is 1. The van der Waals surface area contributed by atoms with E-state index in [4.69, 9.17) is 4.74 Å². The van der Waals surface area contributed by atoms with Crippen molar-refractivity contribution in [3.63, 3.8) is 0 Å². The number of ether oxygens (including phenoxy) is 1. The average Bonchev–Trinajstić information content (AvgIpc) is 3.03. The molecule has 2 aliphatic heterocycles. The summed E-state index contributed by atoms with van der Waals surface area (Å²) >= 11 is 2.90. The number of pyridine rings is 1. The Bertz CT molecular complexity index is 3790. The number of nitrogens with zero attached hydrogens (tertiary/aromatic N) is 5. The second kappa shape index (κ2) is 24.6. The van der Waals surface area contributed by atoms with Crippen LogP contribution in [0.1, 0.15) is 101 Å². The number of aliphatic hydroxyl groups excluding tert-OH is 1. The van der Waals surface area contributed by atoms with E-state index in [9.17, 15) is 47.4 Å². The Morgan fingerprint density at radius 1 is 0.847 bits per heavy atom. The number of rotatable bonds is 17. The van der Waals surface area contributed by atoms with Crippen molar-refractivity contribution in [2.75, 3.05) is 23.3 Å². The summed E-state index contributed by atoms with van der Waals surface area (Å²) in [5.74, 6) is -4.88. The molecule has 2 aliphatic rings. The number of likely N-dealkylation sites (tertiary alicyclic amines) is 1. The summed E-state index contributed by atoms with van der Waals surface area (Å²) < 4.78 is 51.6. The van der Waals surface area contributed by atoms with E-state index in [0.717, 1.165) is 43.0 Å². The molecule has 4 amide bonds. The molecular weight excluding hydrogens is 1130 g/mol. The van der Waals surface area contributed by atoms with Crippen molar-refractivity contribution in [1.29, 1.82) is 0 Å². The van der Waals surface area contributed by atoms with Crippen molar-refractivity contribution in [3.05, 3.63) is 172 Å². The molecule has 5 aromatic carbocycles. The lowest BCUT2D eigenvalue weighted by molar-refractivity contribution is -0.179. The van der Waals surface area contributed by atoms with E-state index in [0.29, 0.717) is 58.5 Å². The number of para-hydroxylation sites is 1. The van der Waals surface area contributed by atoms with Crippen molar-refractivity contribution < 1.29 is 52.1 Å². The van der Waals surface area contributed by atoms with Crippen LogP contribution < -0.4 is 25.6 Å². The monoisotopic (exact) mass is 1190 g/mol. The number of β-amino-alcohol motifs (C(OH)–C–C–N with tert-alkyl or cyclic N) is 1. The molecule has 0 unspecified atom stereocenters. The molecule has 16 nitrogen and oxygen atoms in total. The van der Waals surface area contributed by atoms with E-state index < -0.39 is 78.3 Å². The van der Waals surface area contributed by atoms with Crippen LogP contribution in [0.25, 0.3) is 31.8 Å². The summed E-state index contributed by atoms with van der Waals surface area (Å²) in [6.45, 7) is 11.1. The first-order chi connectivity index (χ1) is 40.5. The Morgan fingerprint density at radius 3 is 2.28 bits per heavy atom. The fourth-order valence-electron chi connectivity index (χ4n) is 11.0. The quantitative estimate of drug-likeness (QED) is 0.0576. The number of aromatic nitrogens is 3. The number of carboxylic acids is 1. The standard InChI is InChI=1S/C64H63F3N8O8S2/c1-35-45(46-25-26-53(71-55(46)61(81)82)74-28-27-40-11-9-13-47(48(40)33-74)58(78)73-62-70-49-14-7-8-16-52(49)85-62)12-10-15-51(35)83-44-23-17-38(18-24-44)29-42(64(65,66)67)30-54(77)72-57(63(4,5)6)60(80)75-32-43(76)31-50(75)59(79)69-36(2)39-19-21-41(22-20-39)56-37(3)68-34-84-56/h7-26,34,36,42-43,50,57,76H,27-33H2,1-6H3,(H,69,79)(H,72,77)(H,81,82)(H,70,73,78)/t36-,42+,43+,50-,57+/m0/s1. The predicted molar refractivity (Wildman–Crippen MR) is 321 cm³/mol. The number of carbonyl (C=O) groups is 5. The summed E-state index contributed by atoms with van der Waals surface area (Å²) in [7, 11) is 0. The zero-order valence-corrected chi connectivity index (χ0v) is 49.1. The molecule has 3 aromatic heterocycles. The van der Waals surface area contributed by atoms with Crippen LogP contribution >= 0.6 is 22.7 Å². The Balaban J connectivity index is 0.775. The van der Waals surface area contributed by atoms with E-state index in [1.54, 1.807) is 76.5 Å². The zero-order chi connectivity index (χ0) is 60.5. The highest BCUT2D eigenvalue weighted by Gasteiger charge is 2.46. The van der Waals surface area contributed by atoms with E-state index in [1.807, 2.05) is 72.5 Å². The highest BCUT2D eigenvalue weighted by molar-refractivity contribution is 7.22. The molecule has 0 bridgehead atoms. The fraction of sp³-hybridized carbons (Fsp3) is 0.312. The lowest BCUT2D eigenvalue weighted by Gasteiger charge is -2.36. The van der Waals surface area contributed by atoms with Crippen molar-refractivity contribution in [3.8, 4) is 33.1 Å². The lowest BCUT2D eigenvalue weighted by atomic mass is 9.85. The molecule has 85 heavy (non-hydrogen) atoms. The average molecular weight is 1190 g/mol. The number of fused-ring (bicyclic) bond motifs is 2. The molecule has 0 spiro atoms. The predicted octanol–water partition coefficient (Wildman–Crippen LogP) is 11.9. The highest BCUT2D eigenvalue weighted by Crippen LogP contribution is 2.39. The Hall–Kier alpha value is -8.53. The minimum absolute atomic E-state index is 0.0679. The zero-order valence-electron chi connectivity index (χ0n) is 47.5. The van der Waals surface area contributed by atoms with Crippen LogP contribution in [0.5, 0.6) is 11.5 Å². The number of hydrogen-bond donors (Lipinski definition) is 5. The molecule has 0 saturated carbocycles. The summed E-state index contributed by atoms with van der Waals surface area (Å²) in [5.41, 5.74) is 8.02. The van der Waals surface area contributed by atoms with Crippen molar-refractivity contribution in [2.24, 2.45) is 11.3 Å². The number of aliphatic hydroxyl groups is 1. The topological polar surface area (TPSA) is 216 Å². The summed E-state index contributed by atoms with van der Waals surface area (Å²) in [4.78, 5) is 86.1. The Kier molecular flexibility index (Phi) is 17.2. The van der Waals surface area contributed by atoms with Crippen molar-refractivity contribution >= 4 is 73.4 Å². The fourth-order valence-corrected chi connectivity index (χ4v) is 12.6. The molecule has 0 radical (unpaired) electrons. The summed E-state index contributed by atoms with van der Waals surface area (Å²) in [6, 6.07) is 32.5. The number of thiazole rings is 2. The first-order valence-corrected chi connectivity index (χ1v) is 29.5. The number of aromatic carboxylic acids is 1. The van der Waals surface area contributed by atoms with Gasteiger partial charge in [0, 0.05) is 43.6 Å². The molecule has 8 aromatic rings. The number of alkyl halides is 3.